The van der Waals surface area contributed by atoms with Crippen LogP contribution >= 0.6 is 11.6 Å². The Hall–Kier alpha value is -3.24. The van der Waals surface area contributed by atoms with Crippen LogP contribution in [0.2, 0.25) is 5.02 Å². The first kappa shape index (κ1) is 19.5. The molecule has 0 radical (unpaired) electrons. The number of rotatable bonds is 5. The number of halogens is 1. The lowest BCUT2D eigenvalue weighted by Crippen LogP contribution is -2.44. The van der Waals surface area contributed by atoms with Crippen LogP contribution in [0.5, 0.6) is 0 Å². The van der Waals surface area contributed by atoms with E-state index in [1.165, 1.54) is 0 Å². The van der Waals surface area contributed by atoms with Crippen LogP contribution in [0.25, 0.3) is 0 Å². The van der Waals surface area contributed by atoms with Gasteiger partial charge in [-0.05, 0) is 30.3 Å². The van der Waals surface area contributed by atoms with Crippen LogP contribution in [-0.2, 0) is 0 Å². The molecule has 10 nitrogen and oxygen atoms in total. The fraction of sp³-hybridized carbons (Fsp3) is 0.235. The van der Waals surface area contributed by atoms with E-state index in [-0.39, 0.29) is 11.3 Å². The first-order valence-corrected chi connectivity index (χ1v) is 8.74. The Morgan fingerprint density at radius 1 is 1.04 bits per heavy atom. The molecule has 1 heterocycles. The SMILES string of the molecule is O=C(Nc1ccc(Cl)cc1)c1ccc([N+](=O)[O-])c(N2CCNCC2)c1[N+](=O)[O-]. The van der Waals surface area contributed by atoms with Gasteiger partial charge in [0.05, 0.1) is 9.85 Å². The molecular weight excluding hydrogens is 390 g/mol. The number of anilines is 2. The topological polar surface area (TPSA) is 131 Å². The number of hydrogen-bond acceptors (Lipinski definition) is 7. The molecule has 2 aromatic rings. The lowest BCUT2D eigenvalue weighted by molar-refractivity contribution is -0.392. The first-order chi connectivity index (χ1) is 13.4. The predicted molar refractivity (Wildman–Crippen MR) is 104 cm³/mol. The average molecular weight is 406 g/mol. The van der Waals surface area contributed by atoms with Crippen LogP contribution < -0.4 is 15.5 Å². The summed E-state index contributed by atoms with van der Waals surface area (Å²) in [6.07, 6.45) is 0. The first-order valence-electron chi connectivity index (χ1n) is 8.37. The van der Waals surface area contributed by atoms with Gasteiger partial charge in [0.1, 0.15) is 5.56 Å². The van der Waals surface area contributed by atoms with Gasteiger partial charge in [0.2, 0.25) is 0 Å². The van der Waals surface area contributed by atoms with Crippen LogP contribution in [0.15, 0.2) is 36.4 Å². The maximum Gasteiger partial charge on any atom is 0.312 e. The van der Waals surface area contributed by atoms with E-state index < -0.39 is 27.1 Å². The third-order valence-electron chi connectivity index (χ3n) is 4.29. The molecule has 1 amide bonds. The molecule has 0 bridgehead atoms. The molecule has 0 spiro atoms. The fourth-order valence-corrected chi connectivity index (χ4v) is 3.14. The summed E-state index contributed by atoms with van der Waals surface area (Å²) in [5, 5.41) is 29.4. The maximum absolute atomic E-state index is 12.7. The molecule has 2 aromatic carbocycles. The van der Waals surface area contributed by atoms with Crippen molar-refractivity contribution in [3.05, 3.63) is 67.2 Å². The van der Waals surface area contributed by atoms with Gasteiger partial charge >= 0.3 is 5.69 Å². The monoisotopic (exact) mass is 405 g/mol. The standard InChI is InChI=1S/C17H16ClN5O5/c18-11-1-3-12(4-2-11)20-17(24)13-5-6-14(22(25)26)16(15(13)23(27)28)21-9-7-19-8-10-21/h1-6,19H,7-10H2,(H,20,24). The van der Waals surface area contributed by atoms with Crippen LogP contribution in [0.3, 0.4) is 0 Å². The molecule has 0 atom stereocenters. The van der Waals surface area contributed by atoms with Crippen molar-refractivity contribution in [2.45, 2.75) is 0 Å². The zero-order valence-corrected chi connectivity index (χ0v) is 15.3. The summed E-state index contributed by atoms with van der Waals surface area (Å²) in [6, 6.07) is 8.46. The van der Waals surface area contributed by atoms with E-state index in [1.807, 2.05) is 0 Å². The van der Waals surface area contributed by atoms with E-state index in [1.54, 1.807) is 29.2 Å². The van der Waals surface area contributed by atoms with Crippen molar-refractivity contribution in [3.8, 4) is 0 Å². The number of carbonyl (C=O) groups is 1. The van der Waals surface area contributed by atoms with E-state index in [9.17, 15) is 25.0 Å². The summed E-state index contributed by atoms with van der Waals surface area (Å²) in [5.41, 5.74) is -0.996. The van der Waals surface area contributed by atoms with E-state index >= 15 is 0 Å². The molecule has 0 saturated carbocycles. The molecule has 0 aromatic heterocycles. The van der Waals surface area contributed by atoms with Gasteiger partial charge in [-0.3, -0.25) is 25.0 Å². The molecule has 0 unspecified atom stereocenters. The number of nitrogens with zero attached hydrogens (tertiary/aromatic N) is 3. The minimum absolute atomic E-state index is 0.153. The van der Waals surface area contributed by atoms with E-state index in [0.29, 0.717) is 36.9 Å². The summed E-state index contributed by atoms with van der Waals surface area (Å²) in [4.78, 5) is 36.1. The van der Waals surface area contributed by atoms with Gasteiger partial charge in [0.25, 0.3) is 11.6 Å². The fourth-order valence-electron chi connectivity index (χ4n) is 3.02. The largest absolute Gasteiger partial charge is 0.358 e. The molecule has 28 heavy (non-hydrogen) atoms. The number of benzene rings is 2. The van der Waals surface area contributed by atoms with Gasteiger partial charge in [0.15, 0.2) is 5.69 Å². The Kier molecular flexibility index (Phi) is 5.71. The Labute approximate surface area is 164 Å². The van der Waals surface area contributed by atoms with Crippen molar-refractivity contribution in [2.75, 3.05) is 36.4 Å². The third-order valence-corrected chi connectivity index (χ3v) is 4.54. The second-order valence-corrected chi connectivity index (χ2v) is 6.48. The highest BCUT2D eigenvalue weighted by Crippen LogP contribution is 2.40. The number of carbonyl (C=O) groups excluding carboxylic acids is 1. The number of nitrogens with one attached hydrogen (secondary N) is 2. The summed E-state index contributed by atoms with van der Waals surface area (Å²) in [7, 11) is 0. The van der Waals surface area contributed by atoms with Crippen molar-refractivity contribution in [1.29, 1.82) is 0 Å². The lowest BCUT2D eigenvalue weighted by Gasteiger charge is -2.28. The van der Waals surface area contributed by atoms with Gasteiger partial charge in [-0.2, -0.15) is 0 Å². The molecule has 0 aliphatic carbocycles. The highest BCUT2D eigenvalue weighted by Gasteiger charge is 2.35. The quantitative estimate of drug-likeness (QED) is 0.577. The van der Waals surface area contributed by atoms with E-state index in [4.69, 9.17) is 11.6 Å². The smallest absolute Gasteiger partial charge is 0.312 e. The van der Waals surface area contributed by atoms with E-state index in [2.05, 4.69) is 10.6 Å². The van der Waals surface area contributed by atoms with Crippen molar-refractivity contribution >= 4 is 40.3 Å². The minimum Gasteiger partial charge on any atom is -0.358 e. The zero-order chi connectivity index (χ0) is 20.3. The molecular formula is C17H16ClN5O5. The molecule has 1 aliphatic rings. The van der Waals surface area contributed by atoms with Gasteiger partial charge < -0.3 is 15.5 Å². The maximum atomic E-state index is 12.7. The second kappa shape index (κ2) is 8.19. The van der Waals surface area contributed by atoms with Crippen molar-refractivity contribution in [2.24, 2.45) is 0 Å². The molecule has 1 aliphatic heterocycles. The Balaban J connectivity index is 2.07. The number of nitro benzene ring substituents is 2. The zero-order valence-electron chi connectivity index (χ0n) is 14.6. The van der Waals surface area contributed by atoms with Crippen LogP contribution in [0.1, 0.15) is 10.4 Å². The number of nitro groups is 2. The molecule has 11 heteroatoms. The molecule has 1 fully saturated rings. The van der Waals surface area contributed by atoms with Crippen molar-refractivity contribution < 1.29 is 14.6 Å². The molecule has 1 saturated heterocycles. The van der Waals surface area contributed by atoms with Crippen LogP contribution in [0, 0.1) is 20.2 Å². The Morgan fingerprint density at radius 2 is 1.68 bits per heavy atom. The van der Waals surface area contributed by atoms with Crippen molar-refractivity contribution in [1.82, 2.24) is 5.32 Å². The summed E-state index contributed by atoms with van der Waals surface area (Å²) in [5.74, 6) is -0.736. The third kappa shape index (κ3) is 4.02. The highest BCUT2D eigenvalue weighted by atomic mass is 35.5. The van der Waals surface area contributed by atoms with E-state index in [0.717, 1.165) is 12.1 Å². The number of piperazine rings is 1. The van der Waals surface area contributed by atoms with Crippen LogP contribution in [0.4, 0.5) is 22.7 Å². The Bertz CT molecular complexity index is 928. The normalized spacial score (nSPS) is 13.8. The number of hydrogen-bond donors (Lipinski definition) is 2. The lowest BCUT2D eigenvalue weighted by atomic mass is 10.1. The summed E-state index contributed by atoms with van der Waals surface area (Å²) >= 11 is 5.81. The van der Waals surface area contributed by atoms with Crippen LogP contribution in [-0.4, -0.2) is 41.9 Å². The Morgan fingerprint density at radius 3 is 2.25 bits per heavy atom. The predicted octanol–water partition coefficient (Wildman–Crippen LogP) is 2.82. The van der Waals surface area contributed by atoms with Gasteiger partial charge in [-0.15, -0.1) is 0 Å². The molecule has 3 rings (SSSR count). The minimum atomic E-state index is -0.749. The molecule has 2 N–H and O–H groups in total. The highest BCUT2D eigenvalue weighted by molar-refractivity contribution is 6.30. The average Bonchev–Trinajstić information content (AvgIpc) is 2.69. The van der Waals surface area contributed by atoms with Gasteiger partial charge in [-0.25, -0.2) is 0 Å². The summed E-state index contributed by atoms with van der Waals surface area (Å²) < 4.78 is 0. The van der Waals surface area contributed by atoms with Gasteiger partial charge in [-0.1, -0.05) is 11.6 Å². The second-order valence-electron chi connectivity index (χ2n) is 6.04. The molecule has 146 valence electrons. The van der Waals surface area contributed by atoms with Crippen molar-refractivity contribution in [3.63, 3.8) is 0 Å². The number of amides is 1. The van der Waals surface area contributed by atoms with Gasteiger partial charge in [0, 0.05) is 43.0 Å². The summed E-state index contributed by atoms with van der Waals surface area (Å²) in [6.45, 7) is 1.75.